The summed E-state index contributed by atoms with van der Waals surface area (Å²) in [5, 5.41) is 18.1. The second-order valence-corrected chi connectivity index (χ2v) is 8.87. The van der Waals surface area contributed by atoms with E-state index in [4.69, 9.17) is 4.74 Å². The number of hydrogen-bond donors (Lipinski definition) is 1. The molecule has 5 atom stereocenters. The van der Waals surface area contributed by atoms with Crippen molar-refractivity contribution in [1.82, 2.24) is 15.0 Å². The number of rotatable bonds is 5. The molecule has 1 aliphatic rings. The maximum absolute atomic E-state index is 13.6. The summed E-state index contributed by atoms with van der Waals surface area (Å²) in [5.74, 6) is -4.19. The van der Waals surface area contributed by atoms with Crippen LogP contribution in [0.4, 0.5) is 13.2 Å². The molecular weight excluding hydrogens is 427 g/mol. The van der Waals surface area contributed by atoms with Crippen molar-refractivity contribution in [1.29, 1.82) is 0 Å². The smallest absolute Gasteiger partial charge is 0.194 e. The van der Waals surface area contributed by atoms with Crippen molar-refractivity contribution in [3.05, 3.63) is 66.1 Å². The van der Waals surface area contributed by atoms with Crippen molar-refractivity contribution < 1.29 is 23.0 Å². The number of halogens is 3. The molecule has 4 rings (SSSR count). The minimum absolute atomic E-state index is 0.0146. The van der Waals surface area contributed by atoms with E-state index in [0.29, 0.717) is 0 Å². The number of aliphatic hydroxyl groups is 1. The minimum Gasteiger partial charge on any atom is -0.394 e. The highest BCUT2D eigenvalue weighted by molar-refractivity contribution is 7.99. The Morgan fingerprint density at radius 2 is 1.74 bits per heavy atom. The van der Waals surface area contributed by atoms with Crippen molar-refractivity contribution in [2.45, 2.75) is 36.3 Å². The highest BCUT2D eigenvalue weighted by atomic mass is 32.2. The van der Waals surface area contributed by atoms with Gasteiger partial charge in [-0.05, 0) is 24.3 Å². The fourth-order valence-corrected chi connectivity index (χ4v) is 5.15. The third kappa shape index (κ3) is 4.35. The van der Waals surface area contributed by atoms with Crippen molar-refractivity contribution in [3.63, 3.8) is 0 Å². The Labute approximate surface area is 182 Å². The Kier molecular flexibility index (Phi) is 6.36. The van der Waals surface area contributed by atoms with E-state index in [0.717, 1.165) is 17.0 Å². The molecule has 2 aromatic carbocycles. The van der Waals surface area contributed by atoms with Gasteiger partial charge < -0.3 is 9.84 Å². The van der Waals surface area contributed by atoms with Crippen LogP contribution < -0.4 is 0 Å². The molecule has 0 amide bonds. The first-order chi connectivity index (χ1) is 14.9. The Morgan fingerprint density at radius 3 is 2.39 bits per heavy atom. The zero-order valence-corrected chi connectivity index (χ0v) is 17.8. The van der Waals surface area contributed by atoms with E-state index >= 15 is 0 Å². The van der Waals surface area contributed by atoms with E-state index in [-0.39, 0.29) is 41.2 Å². The molecule has 3 aromatic rings. The van der Waals surface area contributed by atoms with Gasteiger partial charge >= 0.3 is 0 Å². The molecule has 0 saturated carbocycles. The van der Waals surface area contributed by atoms with E-state index in [2.05, 4.69) is 10.3 Å². The number of ether oxygens (including phenoxy) is 1. The van der Waals surface area contributed by atoms with E-state index < -0.39 is 23.6 Å². The van der Waals surface area contributed by atoms with Crippen molar-refractivity contribution in [2.75, 3.05) is 6.61 Å². The largest absolute Gasteiger partial charge is 0.394 e. The third-order valence-electron chi connectivity index (χ3n) is 5.67. The zero-order valence-electron chi connectivity index (χ0n) is 17.0. The molecule has 5 nitrogen and oxygen atoms in total. The average molecular weight is 449 g/mol. The molecule has 1 fully saturated rings. The van der Waals surface area contributed by atoms with Gasteiger partial charge in [0, 0.05) is 22.3 Å². The summed E-state index contributed by atoms with van der Waals surface area (Å²) < 4.78 is 48.4. The number of hydrogen-bond acceptors (Lipinski definition) is 5. The molecule has 0 aliphatic carbocycles. The summed E-state index contributed by atoms with van der Waals surface area (Å²) in [6.45, 7) is 3.85. The monoisotopic (exact) mass is 449 g/mol. The van der Waals surface area contributed by atoms with Crippen LogP contribution in [0.1, 0.15) is 19.9 Å². The Morgan fingerprint density at radius 1 is 1.06 bits per heavy atom. The summed E-state index contributed by atoms with van der Waals surface area (Å²) in [5.41, 5.74) is 0.0922. The van der Waals surface area contributed by atoms with Gasteiger partial charge in [-0.3, -0.25) is 0 Å². The van der Waals surface area contributed by atoms with E-state index in [1.165, 1.54) is 0 Å². The highest BCUT2D eigenvalue weighted by Crippen LogP contribution is 2.44. The zero-order chi connectivity index (χ0) is 22.1. The van der Waals surface area contributed by atoms with Gasteiger partial charge in [-0.25, -0.2) is 17.9 Å². The van der Waals surface area contributed by atoms with E-state index in [9.17, 15) is 18.3 Å². The molecule has 31 heavy (non-hydrogen) atoms. The second-order valence-electron chi connectivity index (χ2n) is 7.70. The maximum atomic E-state index is 13.6. The molecule has 1 N–H and O–H groups in total. The Balaban J connectivity index is 1.64. The van der Waals surface area contributed by atoms with Crippen LogP contribution in [-0.2, 0) is 4.74 Å². The molecule has 1 aliphatic heterocycles. The molecule has 2 unspecified atom stereocenters. The van der Waals surface area contributed by atoms with Crippen molar-refractivity contribution in [2.24, 2.45) is 11.8 Å². The summed E-state index contributed by atoms with van der Waals surface area (Å²) in [4.78, 5) is 1.04. The van der Waals surface area contributed by atoms with Gasteiger partial charge in [-0.2, -0.15) is 0 Å². The van der Waals surface area contributed by atoms with Gasteiger partial charge in [0.25, 0.3) is 0 Å². The summed E-state index contributed by atoms with van der Waals surface area (Å²) in [6.07, 6.45) is 1.18. The van der Waals surface area contributed by atoms with Crippen molar-refractivity contribution in [3.8, 4) is 11.3 Å². The van der Waals surface area contributed by atoms with Crippen LogP contribution in [0, 0.1) is 29.3 Å². The fourth-order valence-electron chi connectivity index (χ4n) is 4.00. The predicted octanol–water partition coefficient (Wildman–Crippen LogP) is 4.69. The molecular formula is C22H22F3N3O2S. The van der Waals surface area contributed by atoms with Gasteiger partial charge in [0.05, 0.1) is 24.9 Å². The lowest BCUT2D eigenvalue weighted by atomic mass is 9.84. The van der Waals surface area contributed by atoms with Gasteiger partial charge in [-0.15, -0.1) is 5.10 Å². The van der Waals surface area contributed by atoms with Crippen molar-refractivity contribution >= 4 is 11.8 Å². The molecule has 1 saturated heterocycles. The first-order valence-electron chi connectivity index (χ1n) is 9.93. The SMILES string of the molecule is CC1[C@@H](Sc2ccccc2)OC(CO)[C@H](C)[C@@H]1n1cc(-c2cc(F)c(F)c(F)c2)nn1. The molecule has 1 aromatic heterocycles. The lowest BCUT2D eigenvalue weighted by Gasteiger charge is -2.44. The van der Waals surface area contributed by atoms with Crippen LogP contribution in [-0.4, -0.2) is 38.2 Å². The number of nitrogens with zero attached hydrogens (tertiary/aromatic N) is 3. The van der Waals surface area contributed by atoms with Gasteiger partial charge in [0.1, 0.15) is 11.1 Å². The lowest BCUT2D eigenvalue weighted by Crippen LogP contribution is -2.47. The topological polar surface area (TPSA) is 60.2 Å². The Bertz CT molecular complexity index is 1030. The molecule has 9 heteroatoms. The summed E-state index contributed by atoms with van der Waals surface area (Å²) in [7, 11) is 0. The molecule has 0 spiro atoms. The average Bonchev–Trinajstić information content (AvgIpc) is 3.24. The summed E-state index contributed by atoms with van der Waals surface area (Å²) in [6, 6.07) is 11.4. The van der Waals surface area contributed by atoms with Crippen LogP contribution in [0.3, 0.4) is 0 Å². The second kappa shape index (κ2) is 9.02. The Hall–Kier alpha value is -2.36. The molecule has 0 bridgehead atoms. The fraction of sp³-hybridized carbons (Fsp3) is 0.364. The minimum atomic E-state index is -1.52. The number of thioether (sulfide) groups is 1. The van der Waals surface area contributed by atoms with Crippen LogP contribution >= 0.6 is 11.8 Å². The van der Waals surface area contributed by atoms with Gasteiger partial charge in [0.15, 0.2) is 17.5 Å². The highest BCUT2D eigenvalue weighted by Gasteiger charge is 2.43. The number of aromatic nitrogens is 3. The molecule has 2 heterocycles. The first-order valence-corrected chi connectivity index (χ1v) is 10.8. The van der Waals surface area contributed by atoms with E-state index in [1.54, 1.807) is 22.6 Å². The van der Waals surface area contributed by atoms with Crippen LogP contribution in [0.15, 0.2) is 53.6 Å². The van der Waals surface area contributed by atoms with Crippen LogP contribution in [0.5, 0.6) is 0 Å². The first kappa shape index (κ1) is 21.9. The normalized spacial score (nSPS) is 26.2. The quantitative estimate of drug-likeness (QED) is 0.573. The number of aliphatic hydroxyl groups excluding tert-OH is 1. The lowest BCUT2D eigenvalue weighted by molar-refractivity contribution is -0.114. The third-order valence-corrected chi connectivity index (χ3v) is 6.99. The molecule has 164 valence electrons. The maximum Gasteiger partial charge on any atom is 0.194 e. The van der Waals surface area contributed by atoms with Gasteiger partial charge in [0.2, 0.25) is 0 Å². The standard InChI is InChI=1S/C22H22F3N3O2S/c1-12-19(11-29)30-22(31-15-6-4-3-5-7-15)13(2)21(12)28-10-18(26-27-28)14-8-16(23)20(25)17(24)9-14/h3-10,12-13,19,21-22,29H,11H2,1-2H3/t12-,13?,19?,21-,22+/m0/s1. The van der Waals surface area contributed by atoms with Crippen LogP contribution in [0.2, 0.25) is 0 Å². The molecule has 0 radical (unpaired) electrons. The van der Waals surface area contributed by atoms with E-state index in [1.807, 2.05) is 44.2 Å². The number of benzene rings is 2. The summed E-state index contributed by atoms with van der Waals surface area (Å²) >= 11 is 1.57. The van der Waals surface area contributed by atoms with Crippen LogP contribution in [0.25, 0.3) is 11.3 Å². The predicted molar refractivity (Wildman–Crippen MR) is 111 cm³/mol. The van der Waals surface area contributed by atoms with Gasteiger partial charge in [-0.1, -0.05) is 49.0 Å².